The average Bonchev–Trinajstić information content (AvgIpc) is 2.97. The molecule has 0 radical (unpaired) electrons. The van der Waals surface area contributed by atoms with Crippen LogP contribution in [0, 0.1) is 13.8 Å². The van der Waals surface area contributed by atoms with Crippen LogP contribution in [0.2, 0.25) is 5.02 Å². The summed E-state index contributed by atoms with van der Waals surface area (Å²) < 4.78 is 1.87. The van der Waals surface area contributed by atoms with Crippen molar-refractivity contribution in [3.8, 4) is 11.4 Å². The molecule has 1 aromatic heterocycles. The first-order valence-electron chi connectivity index (χ1n) is 8.31. The number of nitrogens with zero attached hydrogens (tertiary/aromatic N) is 3. The van der Waals surface area contributed by atoms with E-state index in [4.69, 9.17) is 11.6 Å². The van der Waals surface area contributed by atoms with E-state index in [1.807, 2.05) is 74.9 Å². The Balaban J connectivity index is 1.82. The molecule has 0 N–H and O–H groups in total. The summed E-state index contributed by atoms with van der Waals surface area (Å²) in [5.41, 5.74) is 3.85. The zero-order chi connectivity index (χ0) is 18.8. The van der Waals surface area contributed by atoms with Crippen molar-refractivity contribution in [2.45, 2.75) is 31.2 Å². The summed E-state index contributed by atoms with van der Waals surface area (Å²) in [6.45, 7) is 5.95. The first kappa shape index (κ1) is 18.7. The molecule has 0 spiro atoms. The van der Waals surface area contributed by atoms with Crippen LogP contribution in [-0.2, 0) is 7.05 Å². The van der Waals surface area contributed by atoms with E-state index in [0.717, 1.165) is 16.7 Å². The molecule has 0 amide bonds. The van der Waals surface area contributed by atoms with Crippen LogP contribution in [0.3, 0.4) is 0 Å². The lowest BCUT2D eigenvalue weighted by atomic mass is 10.0. The van der Waals surface area contributed by atoms with Gasteiger partial charge in [-0.1, -0.05) is 47.6 Å². The summed E-state index contributed by atoms with van der Waals surface area (Å²) in [6, 6.07) is 13.3. The van der Waals surface area contributed by atoms with Gasteiger partial charge in [0.1, 0.15) is 0 Å². The number of thioether (sulfide) groups is 1. The second-order valence-electron chi connectivity index (χ2n) is 6.27. The number of hydrogen-bond donors (Lipinski definition) is 0. The normalized spacial score (nSPS) is 12.2. The number of carbonyl (C=O) groups is 1. The summed E-state index contributed by atoms with van der Waals surface area (Å²) in [5.74, 6) is 0.768. The Kier molecular flexibility index (Phi) is 5.49. The highest BCUT2D eigenvalue weighted by Crippen LogP contribution is 2.30. The third-order valence-corrected chi connectivity index (χ3v) is 5.86. The van der Waals surface area contributed by atoms with Crippen molar-refractivity contribution in [3.63, 3.8) is 0 Å². The van der Waals surface area contributed by atoms with Gasteiger partial charge < -0.3 is 4.57 Å². The van der Waals surface area contributed by atoms with E-state index >= 15 is 0 Å². The third kappa shape index (κ3) is 3.69. The van der Waals surface area contributed by atoms with Crippen molar-refractivity contribution in [3.05, 3.63) is 64.2 Å². The van der Waals surface area contributed by atoms with Crippen molar-refractivity contribution in [1.29, 1.82) is 0 Å². The molecule has 3 aromatic rings. The molecule has 0 saturated heterocycles. The fourth-order valence-corrected chi connectivity index (χ4v) is 3.75. The largest absolute Gasteiger partial charge is 0.305 e. The number of hydrogen-bond acceptors (Lipinski definition) is 4. The Labute approximate surface area is 162 Å². The lowest BCUT2D eigenvalue weighted by Crippen LogP contribution is -2.14. The van der Waals surface area contributed by atoms with Gasteiger partial charge in [0.2, 0.25) is 0 Å². The summed E-state index contributed by atoms with van der Waals surface area (Å²) in [4.78, 5) is 12.8. The van der Waals surface area contributed by atoms with Crippen LogP contribution in [0.5, 0.6) is 0 Å². The van der Waals surface area contributed by atoms with Gasteiger partial charge in [-0.3, -0.25) is 4.79 Å². The molecule has 1 atom stereocenters. The zero-order valence-electron chi connectivity index (χ0n) is 15.2. The van der Waals surface area contributed by atoms with Crippen molar-refractivity contribution in [2.24, 2.45) is 7.05 Å². The second kappa shape index (κ2) is 7.64. The van der Waals surface area contributed by atoms with E-state index in [9.17, 15) is 4.79 Å². The first-order chi connectivity index (χ1) is 12.4. The Morgan fingerprint density at radius 3 is 2.54 bits per heavy atom. The number of rotatable bonds is 5. The van der Waals surface area contributed by atoms with Gasteiger partial charge in [0, 0.05) is 18.2 Å². The quantitative estimate of drug-likeness (QED) is 0.452. The fourth-order valence-electron chi connectivity index (χ4n) is 2.64. The van der Waals surface area contributed by atoms with Crippen molar-refractivity contribution in [2.75, 3.05) is 0 Å². The third-order valence-electron chi connectivity index (χ3n) is 4.39. The van der Waals surface area contributed by atoms with E-state index in [1.54, 1.807) is 0 Å². The molecular weight excluding hydrogens is 366 g/mol. The van der Waals surface area contributed by atoms with Crippen LogP contribution < -0.4 is 0 Å². The minimum absolute atomic E-state index is 0.0837. The molecule has 0 fully saturated rings. The maximum absolute atomic E-state index is 12.8. The maximum Gasteiger partial charge on any atom is 0.191 e. The lowest BCUT2D eigenvalue weighted by molar-refractivity contribution is 0.0993. The summed E-state index contributed by atoms with van der Waals surface area (Å²) in [7, 11) is 1.88. The van der Waals surface area contributed by atoms with Gasteiger partial charge in [-0.2, -0.15) is 0 Å². The summed E-state index contributed by atoms with van der Waals surface area (Å²) in [5, 5.41) is 9.54. The molecule has 134 valence electrons. The SMILES string of the molecule is Cc1ccc(C(=O)[C@H](C)Sc2nnc(-c3ccccc3Cl)n2C)cc1C. The maximum atomic E-state index is 12.8. The monoisotopic (exact) mass is 385 g/mol. The molecule has 0 aliphatic rings. The molecule has 1 heterocycles. The lowest BCUT2D eigenvalue weighted by Gasteiger charge is -2.11. The van der Waals surface area contributed by atoms with Gasteiger partial charge >= 0.3 is 0 Å². The van der Waals surface area contributed by atoms with Gasteiger partial charge in [0.25, 0.3) is 0 Å². The molecule has 0 aliphatic heterocycles. The topological polar surface area (TPSA) is 47.8 Å². The fraction of sp³-hybridized carbons (Fsp3) is 0.250. The molecule has 0 bridgehead atoms. The summed E-state index contributed by atoms with van der Waals surface area (Å²) in [6.07, 6.45) is 0. The number of Topliss-reactive ketones (excluding diaryl/α,β-unsaturated/α-hetero) is 1. The highest BCUT2D eigenvalue weighted by atomic mass is 35.5. The van der Waals surface area contributed by atoms with E-state index in [0.29, 0.717) is 16.0 Å². The van der Waals surface area contributed by atoms with Gasteiger partial charge in [0.15, 0.2) is 16.8 Å². The smallest absolute Gasteiger partial charge is 0.191 e. The molecule has 26 heavy (non-hydrogen) atoms. The first-order valence-corrected chi connectivity index (χ1v) is 9.56. The highest BCUT2D eigenvalue weighted by Gasteiger charge is 2.21. The Morgan fingerprint density at radius 1 is 1.12 bits per heavy atom. The van der Waals surface area contributed by atoms with E-state index in [1.165, 1.54) is 17.3 Å². The van der Waals surface area contributed by atoms with Crippen molar-refractivity contribution in [1.82, 2.24) is 14.8 Å². The average molecular weight is 386 g/mol. The molecule has 0 aliphatic carbocycles. The van der Waals surface area contributed by atoms with Crippen molar-refractivity contribution >= 4 is 29.1 Å². The minimum atomic E-state index is -0.265. The number of benzene rings is 2. The Hall–Kier alpha value is -2.11. The molecule has 3 rings (SSSR count). The van der Waals surface area contributed by atoms with Crippen LogP contribution in [0.4, 0.5) is 0 Å². The van der Waals surface area contributed by atoms with Crippen LogP contribution in [0.1, 0.15) is 28.4 Å². The van der Waals surface area contributed by atoms with Gasteiger partial charge in [-0.05, 0) is 50.1 Å². The van der Waals surface area contributed by atoms with Crippen LogP contribution >= 0.6 is 23.4 Å². The Bertz CT molecular complexity index is 967. The van der Waals surface area contributed by atoms with Crippen LogP contribution in [0.25, 0.3) is 11.4 Å². The predicted molar refractivity (Wildman–Crippen MR) is 107 cm³/mol. The van der Waals surface area contributed by atoms with Crippen LogP contribution in [-0.4, -0.2) is 25.8 Å². The number of aromatic nitrogens is 3. The van der Waals surface area contributed by atoms with E-state index in [2.05, 4.69) is 10.2 Å². The van der Waals surface area contributed by atoms with Crippen LogP contribution in [0.15, 0.2) is 47.6 Å². The number of carbonyl (C=O) groups excluding carboxylic acids is 1. The Morgan fingerprint density at radius 2 is 1.85 bits per heavy atom. The van der Waals surface area contributed by atoms with E-state index < -0.39 is 0 Å². The molecule has 4 nitrogen and oxygen atoms in total. The van der Waals surface area contributed by atoms with Gasteiger partial charge in [-0.15, -0.1) is 10.2 Å². The second-order valence-corrected chi connectivity index (χ2v) is 7.98. The molecular formula is C20H20ClN3OS. The predicted octanol–water partition coefficient (Wildman–Crippen LogP) is 5.12. The van der Waals surface area contributed by atoms with E-state index in [-0.39, 0.29) is 11.0 Å². The molecule has 6 heteroatoms. The summed E-state index contributed by atoms with van der Waals surface area (Å²) >= 11 is 7.66. The number of ketones is 1. The van der Waals surface area contributed by atoms with Gasteiger partial charge in [0.05, 0.1) is 10.3 Å². The number of aryl methyl sites for hydroxylation is 2. The van der Waals surface area contributed by atoms with Crippen molar-refractivity contribution < 1.29 is 4.79 Å². The standard InChI is InChI=1S/C20H20ClN3OS/c1-12-9-10-15(11-13(12)2)18(25)14(3)26-20-23-22-19(24(20)4)16-7-5-6-8-17(16)21/h5-11,14H,1-4H3/t14-/m0/s1. The van der Waals surface area contributed by atoms with Gasteiger partial charge in [-0.25, -0.2) is 0 Å². The highest BCUT2D eigenvalue weighted by molar-refractivity contribution is 8.00. The number of halogens is 1. The minimum Gasteiger partial charge on any atom is -0.305 e. The molecule has 2 aromatic carbocycles. The molecule has 0 unspecified atom stereocenters. The zero-order valence-corrected chi connectivity index (χ0v) is 16.7. The molecule has 0 saturated carbocycles.